The van der Waals surface area contributed by atoms with E-state index in [-0.39, 0.29) is 35.1 Å². The monoisotopic (exact) mass is 473 g/mol. The highest BCUT2D eigenvalue weighted by Crippen LogP contribution is 2.30. The predicted octanol–water partition coefficient (Wildman–Crippen LogP) is 4.39. The summed E-state index contributed by atoms with van der Waals surface area (Å²) >= 11 is 0. The standard InChI is InChI=1S/C25H35N3O4S/c1-7-19(5)26-25(29)21-9-8-12-28(15-21)33(30,31)24-20(6)27-32-23(24)11-10-22-17(3)13-16(2)14-18(22)4/h10-11,13-14,19,21H,7-9,12,15H2,1-6H3,(H,26,29)/b11-10+/t19-,21-/m0/s1. The van der Waals surface area contributed by atoms with Crippen LogP contribution in [0.15, 0.2) is 21.6 Å². The SMILES string of the molecule is CC[C@H](C)NC(=O)[C@H]1CCCN(S(=O)(=O)c2c(C)noc2/C=C/c2c(C)cc(C)cc2C)C1. The van der Waals surface area contributed by atoms with Gasteiger partial charge in [-0.25, -0.2) is 8.42 Å². The van der Waals surface area contributed by atoms with Crippen molar-refractivity contribution in [2.45, 2.75) is 71.7 Å². The summed E-state index contributed by atoms with van der Waals surface area (Å²) in [6.07, 6.45) is 5.69. The van der Waals surface area contributed by atoms with E-state index in [1.54, 1.807) is 13.0 Å². The molecule has 1 aliphatic rings. The molecule has 0 spiro atoms. The van der Waals surface area contributed by atoms with Gasteiger partial charge in [-0.2, -0.15) is 4.31 Å². The van der Waals surface area contributed by atoms with Crippen LogP contribution in [0, 0.1) is 33.6 Å². The summed E-state index contributed by atoms with van der Waals surface area (Å²) in [7, 11) is -3.87. The van der Waals surface area contributed by atoms with E-state index in [4.69, 9.17) is 4.52 Å². The number of aryl methyl sites for hydroxylation is 4. The second-order valence-corrected chi connectivity index (χ2v) is 11.0. The number of piperidine rings is 1. The van der Waals surface area contributed by atoms with Crippen LogP contribution in [0.1, 0.15) is 66.8 Å². The number of benzene rings is 1. The quantitative estimate of drug-likeness (QED) is 0.644. The van der Waals surface area contributed by atoms with Crippen LogP contribution in [0.2, 0.25) is 0 Å². The van der Waals surface area contributed by atoms with Gasteiger partial charge in [0.1, 0.15) is 5.69 Å². The second-order valence-electron chi connectivity index (χ2n) is 9.13. The number of rotatable bonds is 7. The Bertz CT molecular complexity index is 1130. The fourth-order valence-corrected chi connectivity index (χ4v) is 6.15. The molecule has 1 aromatic carbocycles. The molecule has 1 aliphatic heterocycles. The largest absolute Gasteiger partial charge is 0.355 e. The Balaban J connectivity index is 1.88. The van der Waals surface area contributed by atoms with E-state index in [0.29, 0.717) is 25.1 Å². The van der Waals surface area contributed by atoms with Crippen LogP contribution in [-0.4, -0.2) is 42.9 Å². The molecule has 1 amide bonds. The molecule has 1 saturated heterocycles. The smallest absolute Gasteiger partial charge is 0.248 e. The molecule has 33 heavy (non-hydrogen) atoms. The fourth-order valence-electron chi connectivity index (χ4n) is 4.38. The van der Waals surface area contributed by atoms with E-state index in [2.05, 4.69) is 22.6 Å². The van der Waals surface area contributed by atoms with E-state index < -0.39 is 10.0 Å². The van der Waals surface area contributed by atoms with Crippen LogP contribution in [0.5, 0.6) is 0 Å². The number of carbonyl (C=O) groups excluding carboxylic acids is 1. The molecule has 2 atom stereocenters. The molecule has 3 rings (SSSR count). The van der Waals surface area contributed by atoms with Gasteiger partial charge in [0.15, 0.2) is 10.7 Å². The van der Waals surface area contributed by atoms with Crippen LogP contribution >= 0.6 is 0 Å². The number of hydrogen-bond donors (Lipinski definition) is 1. The molecule has 1 fully saturated rings. The summed E-state index contributed by atoms with van der Waals surface area (Å²) in [5.74, 6) is -0.241. The lowest BCUT2D eigenvalue weighted by Crippen LogP contribution is -2.47. The summed E-state index contributed by atoms with van der Waals surface area (Å²) in [6, 6.07) is 4.25. The first kappa shape index (κ1) is 25.2. The summed E-state index contributed by atoms with van der Waals surface area (Å²) in [5.41, 5.74) is 4.74. The highest BCUT2D eigenvalue weighted by Gasteiger charge is 2.37. The third-order valence-corrected chi connectivity index (χ3v) is 8.35. The maximum absolute atomic E-state index is 13.6. The minimum atomic E-state index is -3.87. The highest BCUT2D eigenvalue weighted by molar-refractivity contribution is 7.89. The number of nitrogens with zero attached hydrogens (tertiary/aromatic N) is 2. The Morgan fingerprint density at radius 3 is 2.55 bits per heavy atom. The van der Waals surface area contributed by atoms with Crippen molar-refractivity contribution in [3.05, 3.63) is 45.8 Å². The number of amides is 1. The van der Waals surface area contributed by atoms with Gasteiger partial charge in [-0.3, -0.25) is 4.79 Å². The van der Waals surface area contributed by atoms with E-state index in [1.165, 1.54) is 9.87 Å². The van der Waals surface area contributed by atoms with Gasteiger partial charge in [0.05, 0.1) is 5.92 Å². The van der Waals surface area contributed by atoms with Gasteiger partial charge < -0.3 is 9.84 Å². The Morgan fingerprint density at radius 1 is 1.24 bits per heavy atom. The minimum absolute atomic E-state index is 0.0650. The molecule has 1 aromatic heterocycles. The van der Waals surface area contributed by atoms with Crippen LogP contribution in [0.25, 0.3) is 12.2 Å². The van der Waals surface area contributed by atoms with Gasteiger partial charge in [-0.15, -0.1) is 0 Å². The maximum Gasteiger partial charge on any atom is 0.248 e. The molecule has 1 N–H and O–H groups in total. The Kier molecular flexibility index (Phi) is 7.80. The molecule has 180 valence electrons. The summed E-state index contributed by atoms with van der Waals surface area (Å²) in [5, 5.41) is 6.92. The van der Waals surface area contributed by atoms with E-state index in [9.17, 15) is 13.2 Å². The zero-order valence-electron chi connectivity index (χ0n) is 20.4. The molecule has 0 unspecified atom stereocenters. The van der Waals surface area contributed by atoms with Crippen molar-refractivity contribution in [1.82, 2.24) is 14.8 Å². The Morgan fingerprint density at radius 2 is 1.91 bits per heavy atom. The van der Waals surface area contributed by atoms with Crippen molar-refractivity contribution < 1.29 is 17.7 Å². The predicted molar refractivity (Wildman–Crippen MR) is 130 cm³/mol. The molecule has 2 heterocycles. The zero-order chi connectivity index (χ0) is 24.3. The Hall–Kier alpha value is -2.45. The van der Waals surface area contributed by atoms with Gasteiger partial charge in [0.25, 0.3) is 0 Å². The third-order valence-electron chi connectivity index (χ3n) is 6.33. The molecular weight excluding hydrogens is 438 g/mol. The van der Waals surface area contributed by atoms with Crippen molar-refractivity contribution in [2.24, 2.45) is 5.92 Å². The topological polar surface area (TPSA) is 92.5 Å². The maximum atomic E-state index is 13.6. The zero-order valence-corrected chi connectivity index (χ0v) is 21.3. The van der Waals surface area contributed by atoms with Crippen LogP contribution in [0.4, 0.5) is 0 Å². The fraction of sp³-hybridized carbons (Fsp3) is 0.520. The van der Waals surface area contributed by atoms with Gasteiger partial charge in [-0.05, 0) is 76.6 Å². The molecule has 0 bridgehead atoms. The molecule has 2 aromatic rings. The van der Waals surface area contributed by atoms with Crippen molar-refractivity contribution in [3.8, 4) is 0 Å². The van der Waals surface area contributed by atoms with Gasteiger partial charge >= 0.3 is 0 Å². The number of carbonyl (C=O) groups is 1. The van der Waals surface area contributed by atoms with Gasteiger partial charge in [0.2, 0.25) is 15.9 Å². The van der Waals surface area contributed by atoms with Crippen LogP contribution in [0.3, 0.4) is 0 Å². The van der Waals surface area contributed by atoms with E-state index in [1.807, 2.05) is 40.7 Å². The second kappa shape index (κ2) is 10.2. The van der Waals surface area contributed by atoms with Gasteiger partial charge in [-0.1, -0.05) is 35.9 Å². The average Bonchev–Trinajstić information content (AvgIpc) is 3.14. The van der Waals surface area contributed by atoms with Crippen molar-refractivity contribution in [2.75, 3.05) is 13.1 Å². The number of sulfonamides is 1. The lowest BCUT2D eigenvalue weighted by molar-refractivity contribution is -0.126. The molecule has 0 aliphatic carbocycles. The number of aromatic nitrogens is 1. The normalized spacial score (nSPS) is 18.5. The van der Waals surface area contributed by atoms with Crippen LogP contribution in [-0.2, 0) is 14.8 Å². The molecule has 8 heteroatoms. The first-order chi connectivity index (χ1) is 15.5. The first-order valence-electron chi connectivity index (χ1n) is 11.6. The average molecular weight is 474 g/mol. The van der Waals surface area contributed by atoms with Crippen molar-refractivity contribution in [3.63, 3.8) is 0 Å². The summed E-state index contributed by atoms with van der Waals surface area (Å²) in [6.45, 7) is 12.2. The summed E-state index contributed by atoms with van der Waals surface area (Å²) in [4.78, 5) is 12.7. The number of nitrogens with one attached hydrogen (secondary N) is 1. The lowest BCUT2D eigenvalue weighted by Gasteiger charge is -2.31. The first-order valence-corrected chi connectivity index (χ1v) is 13.0. The highest BCUT2D eigenvalue weighted by atomic mass is 32.2. The number of hydrogen-bond acceptors (Lipinski definition) is 5. The molecule has 0 saturated carbocycles. The molecule has 7 nitrogen and oxygen atoms in total. The van der Waals surface area contributed by atoms with E-state index in [0.717, 1.165) is 23.1 Å². The minimum Gasteiger partial charge on any atom is -0.355 e. The van der Waals surface area contributed by atoms with E-state index >= 15 is 0 Å². The van der Waals surface area contributed by atoms with Crippen molar-refractivity contribution >= 4 is 28.1 Å². The third kappa shape index (κ3) is 5.55. The van der Waals surface area contributed by atoms with Crippen molar-refractivity contribution in [1.29, 1.82) is 0 Å². The lowest BCUT2D eigenvalue weighted by atomic mass is 9.98. The summed E-state index contributed by atoms with van der Waals surface area (Å²) < 4.78 is 34.0. The molecule has 0 radical (unpaired) electrons. The Labute approximate surface area is 197 Å². The van der Waals surface area contributed by atoms with Crippen LogP contribution < -0.4 is 5.32 Å². The molecular formula is C25H35N3O4S. The van der Waals surface area contributed by atoms with Gasteiger partial charge in [0, 0.05) is 19.1 Å².